The van der Waals surface area contributed by atoms with Crippen LogP contribution in [-0.4, -0.2) is 30.2 Å². The van der Waals surface area contributed by atoms with Crippen LogP contribution in [0.4, 0.5) is 5.69 Å². The minimum Gasteiger partial charge on any atom is -0.454 e. The molecular formula is C27H15Cl2NO5. The highest BCUT2D eigenvalue weighted by atomic mass is 35.5. The van der Waals surface area contributed by atoms with Gasteiger partial charge in [-0.1, -0.05) is 65.7 Å². The maximum atomic E-state index is 12.9. The number of halogens is 2. The molecule has 0 unspecified atom stereocenters. The predicted octanol–water partition coefficient (Wildman–Crippen LogP) is 5.99. The van der Waals surface area contributed by atoms with Crippen molar-refractivity contribution >= 4 is 63.2 Å². The van der Waals surface area contributed by atoms with Crippen LogP contribution >= 0.6 is 23.2 Å². The zero-order chi connectivity index (χ0) is 24.7. The van der Waals surface area contributed by atoms with Crippen LogP contribution in [0.25, 0.3) is 10.8 Å². The molecule has 8 heteroatoms. The highest BCUT2D eigenvalue weighted by molar-refractivity contribution is 6.44. The Balaban J connectivity index is 1.32. The number of amides is 2. The largest absolute Gasteiger partial charge is 0.454 e. The highest BCUT2D eigenvalue weighted by Gasteiger charge is 2.37. The van der Waals surface area contributed by atoms with Gasteiger partial charge in [0, 0.05) is 5.56 Å². The van der Waals surface area contributed by atoms with Gasteiger partial charge in [-0.25, -0.2) is 9.69 Å². The van der Waals surface area contributed by atoms with Gasteiger partial charge in [0.1, 0.15) is 0 Å². The zero-order valence-electron chi connectivity index (χ0n) is 18.0. The number of ether oxygens (including phenoxy) is 1. The number of hydrogen-bond donors (Lipinski definition) is 0. The van der Waals surface area contributed by atoms with Crippen LogP contribution in [0.5, 0.6) is 0 Å². The van der Waals surface area contributed by atoms with E-state index in [1.165, 1.54) is 36.4 Å². The predicted molar refractivity (Wildman–Crippen MR) is 133 cm³/mol. The first-order chi connectivity index (χ1) is 16.8. The molecule has 0 radical (unpaired) electrons. The Kier molecular flexibility index (Phi) is 5.84. The minimum atomic E-state index is -0.760. The molecule has 5 rings (SSSR count). The average Bonchev–Trinajstić information content (AvgIpc) is 3.11. The minimum absolute atomic E-state index is 0.0847. The van der Waals surface area contributed by atoms with Crippen molar-refractivity contribution in [2.75, 3.05) is 11.5 Å². The molecule has 1 heterocycles. The molecule has 0 bridgehead atoms. The zero-order valence-corrected chi connectivity index (χ0v) is 19.5. The molecule has 0 spiro atoms. The van der Waals surface area contributed by atoms with Gasteiger partial charge in [-0.15, -0.1) is 0 Å². The number of Topliss-reactive ketones (excluding diaryl/α,β-unsaturated/α-hetero) is 1. The molecule has 6 nitrogen and oxygen atoms in total. The summed E-state index contributed by atoms with van der Waals surface area (Å²) in [5.41, 5.74) is 0.936. The van der Waals surface area contributed by atoms with Gasteiger partial charge in [0.05, 0.1) is 32.4 Å². The fourth-order valence-corrected chi connectivity index (χ4v) is 4.23. The maximum Gasteiger partial charge on any atom is 0.338 e. The van der Waals surface area contributed by atoms with Crippen LogP contribution in [0.15, 0.2) is 78.9 Å². The molecule has 0 fully saturated rings. The summed E-state index contributed by atoms with van der Waals surface area (Å²) in [4.78, 5) is 51.9. The van der Waals surface area contributed by atoms with Crippen molar-refractivity contribution in [3.63, 3.8) is 0 Å². The van der Waals surface area contributed by atoms with Crippen LogP contribution in [0.2, 0.25) is 10.0 Å². The Morgan fingerprint density at radius 2 is 1.37 bits per heavy atom. The Bertz CT molecular complexity index is 1520. The Morgan fingerprint density at radius 3 is 2.06 bits per heavy atom. The summed E-state index contributed by atoms with van der Waals surface area (Å²) < 4.78 is 5.21. The smallest absolute Gasteiger partial charge is 0.338 e. The number of ketones is 1. The first-order valence-electron chi connectivity index (χ1n) is 10.5. The molecule has 1 aliphatic rings. The molecule has 0 aliphatic carbocycles. The van der Waals surface area contributed by atoms with Crippen molar-refractivity contribution in [1.29, 1.82) is 0 Å². The van der Waals surface area contributed by atoms with Crippen molar-refractivity contribution in [3.8, 4) is 0 Å². The van der Waals surface area contributed by atoms with Gasteiger partial charge in [-0.3, -0.25) is 14.4 Å². The third-order valence-corrected chi connectivity index (χ3v) is 6.40. The third kappa shape index (κ3) is 4.18. The Hall–Kier alpha value is -4.00. The summed E-state index contributed by atoms with van der Waals surface area (Å²) in [5.74, 6) is -2.28. The lowest BCUT2D eigenvalue weighted by atomic mass is 10.0. The van der Waals surface area contributed by atoms with E-state index >= 15 is 0 Å². The second-order valence-electron chi connectivity index (χ2n) is 7.87. The molecule has 4 aromatic rings. The lowest BCUT2D eigenvalue weighted by Crippen LogP contribution is -2.29. The summed E-state index contributed by atoms with van der Waals surface area (Å²) in [5, 5.41) is 2.21. The second-order valence-corrected chi connectivity index (χ2v) is 8.68. The van der Waals surface area contributed by atoms with Gasteiger partial charge in [-0.05, 0) is 47.2 Å². The summed E-state index contributed by atoms with van der Waals surface area (Å²) >= 11 is 12.0. The molecule has 0 aromatic heterocycles. The van der Waals surface area contributed by atoms with Crippen LogP contribution in [0.1, 0.15) is 41.4 Å². The maximum absolute atomic E-state index is 12.9. The normalized spacial score (nSPS) is 12.7. The molecule has 2 amide bonds. The number of carbonyl (C=O) groups excluding carboxylic acids is 4. The van der Waals surface area contributed by atoms with Crippen molar-refractivity contribution in [3.05, 3.63) is 111 Å². The van der Waals surface area contributed by atoms with E-state index in [2.05, 4.69) is 0 Å². The van der Waals surface area contributed by atoms with Gasteiger partial charge >= 0.3 is 5.97 Å². The summed E-state index contributed by atoms with van der Waals surface area (Å²) in [6, 6.07) is 21.4. The summed E-state index contributed by atoms with van der Waals surface area (Å²) in [6.07, 6.45) is 0. The van der Waals surface area contributed by atoms with E-state index in [9.17, 15) is 19.2 Å². The van der Waals surface area contributed by atoms with Gasteiger partial charge in [-0.2, -0.15) is 0 Å². The first kappa shape index (κ1) is 22.8. The van der Waals surface area contributed by atoms with E-state index in [-0.39, 0.29) is 38.2 Å². The topological polar surface area (TPSA) is 80.8 Å². The lowest BCUT2D eigenvalue weighted by Gasteiger charge is -2.14. The van der Waals surface area contributed by atoms with Crippen molar-refractivity contribution in [1.82, 2.24) is 0 Å². The van der Waals surface area contributed by atoms with Gasteiger partial charge in [0.15, 0.2) is 12.4 Å². The molecule has 1 aliphatic heterocycles. The fourth-order valence-electron chi connectivity index (χ4n) is 3.90. The van der Waals surface area contributed by atoms with E-state index in [0.29, 0.717) is 5.56 Å². The number of fused-ring (bicyclic) bond motifs is 2. The van der Waals surface area contributed by atoms with E-state index in [1.807, 2.05) is 30.3 Å². The number of benzene rings is 4. The van der Waals surface area contributed by atoms with Crippen LogP contribution < -0.4 is 4.90 Å². The van der Waals surface area contributed by atoms with Crippen LogP contribution in [0, 0.1) is 0 Å². The van der Waals surface area contributed by atoms with Crippen molar-refractivity contribution in [2.24, 2.45) is 0 Å². The molecule has 0 atom stereocenters. The second kappa shape index (κ2) is 8.98. The molecule has 35 heavy (non-hydrogen) atoms. The molecule has 0 N–H and O–H groups in total. The van der Waals surface area contributed by atoms with Crippen LogP contribution in [0.3, 0.4) is 0 Å². The molecular weight excluding hydrogens is 489 g/mol. The number of hydrogen-bond acceptors (Lipinski definition) is 5. The third-order valence-electron chi connectivity index (χ3n) is 5.67. The number of nitrogens with zero attached hydrogens (tertiary/aromatic N) is 1. The number of rotatable bonds is 5. The van der Waals surface area contributed by atoms with E-state index in [0.717, 1.165) is 15.7 Å². The van der Waals surface area contributed by atoms with E-state index in [1.54, 1.807) is 12.1 Å². The standard InChI is InChI=1S/C27H15Cl2NO5/c28-22-12-20-21(13-23(22)29)26(33)30(25(20)32)19-7-3-6-18(11-19)27(34)35-14-24(31)17-9-8-15-4-1-2-5-16(15)10-17/h1-13H,14H2. The van der Waals surface area contributed by atoms with Gasteiger partial charge in [0.2, 0.25) is 0 Å². The van der Waals surface area contributed by atoms with Crippen LogP contribution in [-0.2, 0) is 4.74 Å². The first-order valence-corrected chi connectivity index (χ1v) is 11.3. The highest BCUT2D eigenvalue weighted by Crippen LogP contribution is 2.34. The fraction of sp³-hybridized carbons (Fsp3) is 0.0370. The van der Waals surface area contributed by atoms with Gasteiger partial charge < -0.3 is 4.74 Å². The average molecular weight is 504 g/mol. The van der Waals surface area contributed by atoms with E-state index in [4.69, 9.17) is 27.9 Å². The Labute approximate surface area is 209 Å². The van der Waals surface area contributed by atoms with E-state index < -0.39 is 24.4 Å². The summed E-state index contributed by atoms with van der Waals surface area (Å²) in [6.45, 7) is -0.453. The number of anilines is 1. The Morgan fingerprint density at radius 1 is 0.714 bits per heavy atom. The molecule has 172 valence electrons. The number of esters is 1. The molecule has 4 aromatic carbocycles. The SMILES string of the molecule is O=C(COC(=O)c1cccc(N2C(=O)c3cc(Cl)c(Cl)cc3C2=O)c1)c1ccc2ccccc2c1. The molecule has 0 saturated heterocycles. The number of imide groups is 1. The van der Waals surface area contributed by atoms with Gasteiger partial charge in [0.25, 0.3) is 11.8 Å². The van der Waals surface area contributed by atoms with Crippen molar-refractivity contribution in [2.45, 2.75) is 0 Å². The molecule has 0 saturated carbocycles. The number of carbonyl (C=O) groups is 4. The quantitative estimate of drug-likeness (QED) is 0.190. The summed E-state index contributed by atoms with van der Waals surface area (Å²) in [7, 11) is 0. The monoisotopic (exact) mass is 503 g/mol. The lowest BCUT2D eigenvalue weighted by molar-refractivity contribution is 0.0474. The van der Waals surface area contributed by atoms with Crippen molar-refractivity contribution < 1.29 is 23.9 Å².